The highest BCUT2D eigenvalue weighted by Gasteiger charge is 2.28. The molecule has 1 heterocycles. The van der Waals surface area contributed by atoms with Crippen LogP contribution in [0.15, 0.2) is 18.2 Å². The quantitative estimate of drug-likeness (QED) is 0.751. The van der Waals surface area contributed by atoms with Crippen LogP contribution in [0.25, 0.3) is 0 Å². The molecule has 2 rings (SSSR count). The monoisotopic (exact) mass is 356 g/mol. The summed E-state index contributed by atoms with van der Waals surface area (Å²) in [6, 6.07) is 5.89. The van der Waals surface area contributed by atoms with Gasteiger partial charge in [-0.25, -0.2) is 0 Å². The van der Waals surface area contributed by atoms with E-state index in [0.29, 0.717) is 19.1 Å². The van der Waals surface area contributed by atoms with Gasteiger partial charge in [0.1, 0.15) is 0 Å². The van der Waals surface area contributed by atoms with E-state index in [1.54, 1.807) is 0 Å². The van der Waals surface area contributed by atoms with E-state index in [0.717, 1.165) is 30.2 Å². The number of rotatable bonds is 8. The van der Waals surface area contributed by atoms with Crippen LogP contribution < -0.4 is 20.1 Å². The minimum absolute atomic E-state index is 0. The van der Waals surface area contributed by atoms with Crippen molar-refractivity contribution in [1.82, 2.24) is 10.6 Å². The van der Waals surface area contributed by atoms with Crippen molar-refractivity contribution < 1.29 is 14.3 Å². The molecule has 0 aromatic heterocycles. The summed E-state index contributed by atoms with van der Waals surface area (Å²) >= 11 is 0. The second kappa shape index (κ2) is 9.74. The van der Waals surface area contributed by atoms with Crippen LogP contribution in [-0.2, 0) is 4.79 Å². The van der Waals surface area contributed by atoms with Gasteiger partial charge >= 0.3 is 0 Å². The molecule has 1 amide bonds. The lowest BCUT2D eigenvalue weighted by Crippen LogP contribution is -2.51. The largest absolute Gasteiger partial charge is 0.490 e. The minimum atomic E-state index is -0.0296. The number of carbonyl (C=O) groups is 1. The molecule has 1 unspecified atom stereocenters. The molecule has 1 fully saturated rings. The molecule has 1 aromatic rings. The Balaban J connectivity index is 0.00000288. The lowest BCUT2D eigenvalue weighted by Gasteiger charge is -2.30. The molecule has 136 valence electrons. The van der Waals surface area contributed by atoms with E-state index >= 15 is 0 Å². The van der Waals surface area contributed by atoms with Crippen LogP contribution in [0.4, 0.5) is 0 Å². The van der Waals surface area contributed by atoms with Crippen LogP contribution in [0, 0.1) is 11.8 Å². The minimum Gasteiger partial charge on any atom is -0.490 e. The molecule has 1 saturated heterocycles. The summed E-state index contributed by atoms with van der Waals surface area (Å²) in [6.45, 7) is 10.8. The predicted molar refractivity (Wildman–Crippen MR) is 98.1 cm³/mol. The maximum absolute atomic E-state index is 12.3. The molecular weight excluding hydrogens is 328 g/mol. The Morgan fingerprint density at radius 3 is 2.33 bits per heavy atom. The Kier molecular flexibility index (Phi) is 8.36. The number of ether oxygens (including phenoxy) is 2. The Bertz CT molecular complexity index is 533. The predicted octanol–water partition coefficient (Wildman–Crippen LogP) is 2.94. The molecule has 5 nitrogen and oxygen atoms in total. The number of nitrogens with one attached hydrogen (secondary N) is 2. The highest BCUT2D eigenvalue weighted by atomic mass is 35.5. The third kappa shape index (κ3) is 5.02. The van der Waals surface area contributed by atoms with E-state index in [4.69, 9.17) is 9.47 Å². The fourth-order valence-electron chi connectivity index (χ4n) is 2.64. The smallest absolute Gasteiger partial charge is 0.226 e. The van der Waals surface area contributed by atoms with Gasteiger partial charge < -0.3 is 20.1 Å². The van der Waals surface area contributed by atoms with E-state index in [9.17, 15) is 4.79 Å². The maximum atomic E-state index is 12.3. The van der Waals surface area contributed by atoms with Gasteiger partial charge in [0.15, 0.2) is 11.5 Å². The highest BCUT2D eigenvalue weighted by molar-refractivity contribution is 5.85. The number of halogens is 1. The molecule has 0 radical (unpaired) electrons. The van der Waals surface area contributed by atoms with Crippen molar-refractivity contribution in [3.8, 4) is 11.5 Å². The zero-order valence-electron chi connectivity index (χ0n) is 14.9. The highest BCUT2D eigenvalue weighted by Crippen LogP contribution is 2.33. The first-order valence-electron chi connectivity index (χ1n) is 8.47. The topological polar surface area (TPSA) is 59.6 Å². The Morgan fingerprint density at radius 1 is 1.21 bits per heavy atom. The molecule has 0 aliphatic carbocycles. The number of amides is 1. The SMILES string of the molecule is CCOc1ccc(C(NC(=O)C2CNC2)C(C)C)cc1OCC.Cl. The molecule has 1 aliphatic heterocycles. The zero-order valence-corrected chi connectivity index (χ0v) is 15.7. The first-order chi connectivity index (χ1) is 11.1. The van der Waals surface area contributed by atoms with Crippen molar-refractivity contribution in [3.05, 3.63) is 23.8 Å². The molecule has 0 spiro atoms. The van der Waals surface area contributed by atoms with E-state index in [1.165, 1.54) is 0 Å². The van der Waals surface area contributed by atoms with Crippen molar-refractivity contribution in [2.24, 2.45) is 11.8 Å². The first kappa shape index (κ1) is 20.6. The van der Waals surface area contributed by atoms with E-state index in [1.807, 2.05) is 32.0 Å². The summed E-state index contributed by atoms with van der Waals surface area (Å²) < 4.78 is 11.3. The molecule has 24 heavy (non-hydrogen) atoms. The number of hydrogen-bond donors (Lipinski definition) is 2. The third-order valence-corrected chi connectivity index (χ3v) is 4.04. The summed E-state index contributed by atoms with van der Waals surface area (Å²) in [4.78, 5) is 12.3. The van der Waals surface area contributed by atoms with Crippen molar-refractivity contribution >= 4 is 18.3 Å². The Hall–Kier alpha value is -1.46. The van der Waals surface area contributed by atoms with Gasteiger partial charge in [-0.2, -0.15) is 0 Å². The molecule has 6 heteroatoms. The second-order valence-corrected chi connectivity index (χ2v) is 6.16. The van der Waals surface area contributed by atoms with E-state index in [-0.39, 0.29) is 30.3 Å². The summed E-state index contributed by atoms with van der Waals surface area (Å²) in [7, 11) is 0. The van der Waals surface area contributed by atoms with E-state index in [2.05, 4.69) is 24.5 Å². The van der Waals surface area contributed by atoms with Crippen LogP contribution in [0.3, 0.4) is 0 Å². The molecular formula is C18H29ClN2O3. The molecule has 1 aromatic carbocycles. The van der Waals surface area contributed by atoms with Gasteiger partial charge in [-0.15, -0.1) is 12.4 Å². The van der Waals surface area contributed by atoms with Gasteiger partial charge in [-0.05, 0) is 37.5 Å². The molecule has 1 atom stereocenters. The third-order valence-electron chi connectivity index (χ3n) is 4.04. The number of hydrogen-bond acceptors (Lipinski definition) is 4. The number of carbonyl (C=O) groups excluding carboxylic acids is 1. The van der Waals surface area contributed by atoms with Gasteiger partial charge in [0.05, 0.1) is 25.2 Å². The standard InChI is InChI=1S/C18H28N2O3.ClH/c1-5-22-15-8-7-13(9-16(15)23-6-2)17(12(3)4)20-18(21)14-10-19-11-14;/h7-9,12,14,17,19H,5-6,10-11H2,1-4H3,(H,20,21);1H. The second-order valence-electron chi connectivity index (χ2n) is 6.16. The average Bonchev–Trinajstić information content (AvgIpc) is 2.45. The van der Waals surface area contributed by atoms with Crippen molar-refractivity contribution in [2.45, 2.75) is 33.7 Å². The van der Waals surface area contributed by atoms with Crippen LogP contribution in [-0.4, -0.2) is 32.2 Å². The van der Waals surface area contributed by atoms with Gasteiger partial charge in [0.25, 0.3) is 0 Å². The molecule has 2 N–H and O–H groups in total. The van der Waals surface area contributed by atoms with Gasteiger partial charge in [-0.1, -0.05) is 19.9 Å². The summed E-state index contributed by atoms with van der Waals surface area (Å²) in [6.07, 6.45) is 0. The molecule has 0 saturated carbocycles. The molecule has 0 bridgehead atoms. The van der Waals surface area contributed by atoms with E-state index < -0.39 is 0 Å². The van der Waals surface area contributed by atoms with Crippen LogP contribution >= 0.6 is 12.4 Å². The average molecular weight is 357 g/mol. The summed E-state index contributed by atoms with van der Waals surface area (Å²) in [5.41, 5.74) is 1.05. The van der Waals surface area contributed by atoms with Crippen LogP contribution in [0.1, 0.15) is 39.3 Å². The molecule has 1 aliphatic rings. The van der Waals surface area contributed by atoms with Crippen molar-refractivity contribution in [3.63, 3.8) is 0 Å². The fourth-order valence-corrected chi connectivity index (χ4v) is 2.64. The van der Waals surface area contributed by atoms with Crippen LogP contribution in [0.2, 0.25) is 0 Å². The lowest BCUT2D eigenvalue weighted by atomic mass is 9.94. The summed E-state index contributed by atoms with van der Waals surface area (Å²) in [5.74, 6) is 1.98. The van der Waals surface area contributed by atoms with Gasteiger partial charge in [0.2, 0.25) is 5.91 Å². The fraction of sp³-hybridized carbons (Fsp3) is 0.611. The zero-order chi connectivity index (χ0) is 16.8. The van der Waals surface area contributed by atoms with Crippen molar-refractivity contribution in [1.29, 1.82) is 0 Å². The summed E-state index contributed by atoms with van der Waals surface area (Å²) in [5, 5.41) is 6.31. The Morgan fingerprint density at radius 2 is 1.83 bits per heavy atom. The first-order valence-corrected chi connectivity index (χ1v) is 8.47. The van der Waals surface area contributed by atoms with Gasteiger partial charge in [-0.3, -0.25) is 4.79 Å². The van der Waals surface area contributed by atoms with Crippen molar-refractivity contribution in [2.75, 3.05) is 26.3 Å². The maximum Gasteiger partial charge on any atom is 0.226 e. The normalized spacial score (nSPS) is 15.2. The number of benzene rings is 1. The van der Waals surface area contributed by atoms with Crippen LogP contribution in [0.5, 0.6) is 11.5 Å². The van der Waals surface area contributed by atoms with Gasteiger partial charge in [0, 0.05) is 13.1 Å². The lowest BCUT2D eigenvalue weighted by molar-refractivity contribution is -0.127. The Labute approximate surface area is 150 Å².